The van der Waals surface area contributed by atoms with Crippen LogP contribution in [0.3, 0.4) is 0 Å². The number of nitrogens with zero attached hydrogens (tertiary/aromatic N) is 3. The molecule has 0 unspecified atom stereocenters. The summed E-state index contributed by atoms with van der Waals surface area (Å²) in [6.07, 6.45) is 8.91. The van der Waals surface area contributed by atoms with Crippen molar-refractivity contribution < 1.29 is 8.42 Å². The Morgan fingerprint density at radius 3 is 2.55 bits per heavy atom. The summed E-state index contributed by atoms with van der Waals surface area (Å²) in [4.78, 5) is 2.67. The number of aryl methyl sites for hydroxylation is 1. The molecule has 1 aliphatic rings. The Balaban J connectivity index is 1.72. The third kappa shape index (κ3) is 4.57. The summed E-state index contributed by atoms with van der Waals surface area (Å²) in [5, 5.41) is 3.88. The van der Waals surface area contributed by atoms with Crippen molar-refractivity contribution in [2.45, 2.75) is 37.0 Å². The van der Waals surface area contributed by atoms with E-state index in [1.807, 2.05) is 0 Å². The number of rotatable bonds is 6. The third-order valence-corrected chi connectivity index (χ3v) is 5.05. The first-order chi connectivity index (χ1) is 9.58. The molecule has 1 aromatic rings. The quantitative estimate of drug-likeness (QED) is 0.795. The summed E-state index contributed by atoms with van der Waals surface area (Å²) in [5.74, 6) is 0. The lowest BCUT2D eigenvalue weighted by Gasteiger charge is -2.19. The number of nitrogens with one attached hydrogen (secondary N) is 1. The highest BCUT2D eigenvalue weighted by Gasteiger charge is 2.15. The second-order valence-corrected chi connectivity index (χ2v) is 7.12. The van der Waals surface area contributed by atoms with E-state index in [9.17, 15) is 8.42 Å². The molecule has 1 N–H and O–H groups in total. The molecule has 0 atom stereocenters. The topological polar surface area (TPSA) is 67.2 Å². The molecule has 0 aromatic carbocycles. The Labute approximate surface area is 121 Å². The molecule has 6 nitrogen and oxygen atoms in total. The lowest BCUT2D eigenvalue weighted by atomic mass is 10.2. The zero-order chi connectivity index (χ0) is 14.4. The van der Waals surface area contributed by atoms with Gasteiger partial charge in [0, 0.05) is 19.8 Å². The van der Waals surface area contributed by atoms with Gasteiger partial charge in [0.2, 0.25) is 10.0 Å². The monoisotopic (exact) mass is 300 g/mol. The molecular formula is C13H24N4O2S. The van der Waals surface area contributed by atoms with Gasteiger partial charge in [-0.15, -0.1) is 0 Å². The number of sulfonamides is 1. The number of hydrogen-bond donors (Lipinski definition) is 1. The maximum absolute atomic E-state index is 12.0. The number of likely N-dealkylation sites (tertiary alicyclic amines) is 1. The molecule has 1 saturated heterocycles. The predicted molar refractivity (Wildman–Crippen MR) is 77.9 cm³/mol. The largest absolute Gasteiger partial charge is 0.303 e. The van der Waals surface area contributed by atoms with Crippen LogP contribution in [0.2, 0.25) is 0 Å². The molecule has 0 amide bonds. The standard InChI is InChI=1S/C13H24N4O2S/c1-16-12-13(11-14-16)20(18,19)15-7-6-10-17-8-4-2-3-5-9-17/h11-12,15H,2-10H2,1H3. The summed E-state index contributed by atoms with van der Waals surface area (Å²) in [5.41, 5.74) is 0. The summed E-state index contributed by atoms with van der Waals surface area (Å²) in [6.45, 7) is 3.74. The van der Waals surface area contributed by atoms with Gasteiger partial charge in [-0.1, -0.05) is 12.8 Å². The molecule has 1 aliphatic heterocycles. The van der Waals surface area contributed by atoms with E-state index in [4.69, 9.17) is 0 Å². The van der Waals surface area contributed by atoms with Crippen LogP contribution in [-0.4, -0.2) is 49.3 Å². The van der Waals surface area contributed by atoms with Crippen LogP contribution in [-0.2, 0) is 17.1 Å². The Morgan fingerprint density at radius 1 is 1.25 bits per heavy atom. The molecule has 0 spiro atoms. The molecule has 0 radical (unpaired) electrons. The second kappa shape index (κ2) is 7.19. The van der Waals surface area contributed by atoms with Gasteiger partial charge in [0.25, 0.3) is 0 Å². The zero-order valence-electron chi connectivity index (χ0n) is 12.1. The van der Waals surface area contributed by atoms with Crippen LogP contribution in [0.25, 0.3) is 0 Å². The predicted octanol–water partition coefficient (Wildman–Crippen LogP) is 0.964. The van der Waals surface area contributed by atoms with Crippen molar-refractivity contribution in [2.75, 3.05) is 26.2 Å². The molecule has 2 rings (SSSR count). The second-order valence-electron chi connectivity index (χ2n) is 5.36. The van der Waals surface area contributed by atoms with E-state index in [-0.39, 0.29) is 4.90 Å². The summed E-state index contributed by atoms with van der Waals surface area (Å²) in [7, 11) is -1.69. The van der Waals surface area contributed by atoms with Crippen molar-refractivity contribution in [3.8, 4) is 0 Å². The minimum atomic E-state index is -3.40. The van der Waals surface area contributed by atoms with Crippen LogP contribution in [0.15, 0.2) is 17.3 Å². The molecule has 20 heavy (non-hydrogen) atoms. The van der Waals surface area contributed by atoms with Gasteiger partial charge in [0.1, 0.15) is 4.90 Å². The van der Waals surface area contributed by atoms with E-state index in [0.717, 1.165) is 26.1 Å². The van der Waals surface area contributed by atoms with Gasteiger partial charge >= 0.3 is 0 Å². The van der Waals surface area contributed by atoms with Gasteiger partial charge in [-0.2, -0.15) is 5.10 Å². The van der Waals surface area contributed by atoms with Gasteiger partial charge in [-0.05, 0) is 38.9 Å². The molecule has 114 valence electrons. The van der Waals surface area contributed by atoms with E-state index in [1.54, 1.807) is 7.05 Å². The van der Waals surface area contributed by atoms with E-state index in [1.165, 1.54) is 42.8 Å². The van der Waals surface area contributed by atoms with Crippen LogP contribution in [0.1, 0.15) is 32.1 Å². The van der Waals surface area contributed by atoms with Crippen LogP contribution >= 0.6 is 0 Å². The Kier molecular flexibility index (Phi) is 5.56. The zero-order valence-corrected chi connectivity index (χ0v) is 12.9. The number of aromatic nitrogens is 2. The molecule has 1 aromatic heterocycles. The molecule has 1 fully saturated rings. The minimum absolute atomic E-state index is 0.231. The van der Waals surface area contributed by atoms with Crippen molar-refractivity contribution in [3.05, 3.63) is 12.4 Å². The van der Waals surface area contributed by atoms with Gasteiger partial charge in [0.05, 0.1) is 6.20 Å². The Morgan fingerprint density at radius 2 is 1.95 bits per heavy atom. The Bertz CT molecular complexity index is 504. The van der Waals surface area contributed by atoms with E-state index in [2.05, 4.69) is 14.7 Å². The van der Waals surface area contributed by atoms with Crippen LogP contribution in [0.4, 0.5) is 0 Å². The third-order valence-electron chi connectivity index (χ3n) is 3.63. The fourth-order valence-electron chi connectivity index (χ4n) is 2.49. The van der Waals surface area contributed by atoms with Crippen molar-refractivity contribution in [1.82, 2.24) is 19.4 Å². The van der Waals surface area contributed by atoms with Gasteiger partial charge < -0.3 is 4.90 Å². The van der Waals surface area contributed by atoms with Gasteiger partial charge in [-0.25, -0.2) is 13.1 Å². The lowest BCUT2D eigenvalue weighted by Crippen LogP contribution is -2.30. The van der Waals surface area contributed by atoms with Gasteiger partial charge in [0.15, 0.2) is 0 Å². The highest BCUT2D eigenvalue weighted by Crippen LogP contribution is 2.10. The average molecular weight is 300 g/mol. The first kappa shape index (κ1) is 15.5. The van der Waals surface area contributed by atoms with E-state index < -0.39 is 10.0 Å². The van der Waals surface area contributed by atoms with Crippen molar-refractivity contribution >= 4 is 10.0 Å². The molecule has 7 heteroatoms. The highest BCUT2D eigenvalue weighted by molar-refractivity contribution is 7.89. The van der Waals surface area contributed by atoms with Crippen LogP contribution in [0, 0.1) is 0 Å². The SMILES string of the molecule is Cn1cc(S(=O)(=O)NCCCN2CCCCCC2)cn1. The summed E-state index contributed by atoms with van der Waals surface area (Å²) < 4.78 is 28.1. The van der Waals surface area contributed by atoms with Gasteiger partial charge in [-0.3, -0.25) is 4.68 Å². The maximum atomic E-state index is 12.0. The smallest absolute Gasteiger partial charge is 0.243 e. The van der Waals surface area contributed by atoms with Crippen LogP contribution in [0.5, 0.6) is 0 Å². The Hall–Kier alpha value is -0.920. The average Bonchev–Trinajstić information content (AvgIpc) is 2.70. The fraction of sp³-hybridized carbons (Fsp3) is 0.769. The van der Waals surface area contributed by atoms with Crippen molar-refractivity contribution in [3.63, 3.8) is 0 Å². The van der Waals surface area contributed by atoms with E-state index >= 15 is 0 Å². The van der Waals surface area contributed by atoms with Crippen molar-refractivity contribution in [1.29, 1.82) is 0 Å². The normalized spacial score (nSPS) is 18.1. The van der Waals surface area contributed by atoms with Crippen LogP contribution < -0.4 is 4.72 Å². The molecule has 0 saturated carbocycles. The summed E-state index contributed by atoms with van der Waals surface area (Å²) >= 11 is 0. The maximum Gasteiger partial charge on any atom is 0.243 e. The molecular weight excluding hydrogens is 276 g/mol. The molecule has 0 bridgehead atoms. The number of hydrogen-bond acceptors (Lipinski definition) is 4. The minimum Gasteiger partial charge on any atom is -0.303 e. The van der Waals surface area contributed by atoms with E-state index in [0.29, 0.717) is 6.54 Å². The summed E-state index contributed by atoms with van der Waals surface area (Å²) in [6, 6.07) is 0. The molecule has 2 heterocycles. The highest BCUT2D eigenvalue weighted by atomic mass is 32.2. The first-order valence-corrected chi connectivity index (χ1v) is 8.77. The van der Waals surface area contributed by atoms with Crippen molar-refractivity contribution in [2.24, 2.45) is 7.05 Å². The lowest BCUT2D eigenvalue weighted by molar-refractivity contribution is 0.282. The molecule has 0 aliphatic carbocycles. The first-order valence-electron chi connectivity index (χ1n) is 7.28. The fourth-order valence-corrected chi connectivity index (χ4v) is 3.55.